The van der Waals surface area contributed by atoms with E-state index >= 15 is 0 Å². The number of thioether (sulfide) groups is 1. The Morgan fingerprint density at radius 1 is 1.13 bits per heavy atom. The largest absolute Gasteiger partial charge is 0.493 e. The molecule has 1 heterocycles. The van der Waals surface area contributed by atoms with E-state index in [9.17, 15) is 9.59 Å². The summed E-state index contributed by atoms with van der Waals surface area (Å²) in [5.41, 5.74) is 1.22. The van der Waals surface area contributed by atoms with Crippen molar-refractivity contribution in [3.05, 3.63) is 56.9 Å². The molecule has 1 aliphatic heterocycles. The molecule has 1 aliphatic rings. The fraction of sp³-hybridized carbons (Fsp3) is 0.150. The number of anilines is 1. The van der Waals surface area contributed by atoms with Crippen molar-refractivity contribution >= 4 is 75.1 Å². The maximum Gasteiger partial charge on any atom is 0.266 e. The Labute approximate surface area is 193 Å². The number of halogens is 2. The molecule has 0 radical (unpaired) electrons. The van der Waals surface area contributed by atoms with Gasteiger partial charge in [0.15, 0.2) is 11.5 Å². The average molecular weight is 483 g/mol. The van der Waals surface area contributed by atoms with E-state index in [4.69, 9.17) is 44.9 Å². The minimum Gasteiger partial charge on any atom is -0.493 e. The van der Waals surface area contributed by atoms with E-state index in [0.717, 1.165) is 17.3 Å². The lowest BCUT2D eigenvalue weighted by molar-refractivity contribution is -0.126. The van der Waals surface area contributed by atoms with Gasteiger partial charge in [-0.1, -0.05) is 53.2 Å². The number of nitrogens with one attached hydrogen (secondary N) is 1. The predicted molar refractivity (Wildman–Crippen MR) is 125 cm³/mol. The number of nitrogens with zero attached hydrogens (tertiary/aromatic N) is 1. The number of thiocarbonyl (C=S) groups is 1. The summed E-state index contributed by atoms with van der Waals surface area (Å²) in [5.74, 6) is 0.380. The molecular formula is C20H16Cl2N2O4S2. The quantitative estimate of drug-likeness (QED) is 0.468. The van der Waals surface area contributed by atoms with E-state index in [0.29, 0.717) is 36.5 Å². The molecule has 2 amide bonds. The van der Waals surface area contributed by atoms with E-state index in [2.05, 4.69) is 5.32 Å². The minimum absolute atomic E-state index is 0.214. The van der Waals surface area contributed by atoms with Gasteiger partial charge in [0.05, 0.1) is 29.2 Å². The Kier molecular flexibility index (Phi) is 7.25. The van der Waals surface area contributed by atoms with Crippen LogP contribution in [0.25, 0.3) is 6.08 Å². The van der Waals surface area contributed by atoms with Gasteiger partial charge in [-0.3, -0.25) is 14.5 Å². The monoisotopic (exact) mass is 482 g/mol. The summed E-state index contributed by atoms with van der Waals surface area (Å²) in [7, 11) is 3.08. The number of benzene rings is 2. The normalized spacial score (nSPS) is 14.9. The third-order valence-corrected chi connectivity index (χ3v) is 6.20. The van der Waals surface area contributed by atoms with Crippen LogP contribution in [0.3, 0.4) is 0 Å². The highest BCUT2D eigenvalue weighted by Gasteiger charge is 2.33. The van der Waals surface area contributed by atoms with Crippen molar-refractivity contribution in [1.82, 2.24) is 4.90 Å². The zero-order valence-electron chi connectivity index (χ0n) is 15.9. The van der Waals surface area contributed by atoms with E-state index in [-0.39, 0.29) is 12.5 Å². The molecule has 0 spiro atoms. The van der Waals surface area contributed by atoms with Gasteiger partial charge in [-0.15, -0.1) is 0 Å². The second kappa shape index (κ2) is 9.70. The summed E-state index contributed by atoms with van der Waals surface area (Å²) in [5, 5.41) is 3.37. The number of carbonyl (C=O) groups excluding carboxylic acids is 2. The van der Waals surface area contributed by atoms with Crippen molar-refractivity contribution in [3.8, 4) is 11.5 Å². The van der Waals surface area contributed by atoms with Crippen molar-refractivity contribution in [2.45, 2.75) is 0 Å². The van der Waals surface area contributed by atoms with Gasteiger partial charge >= 0.3 is 0 Å². The Balaban J connectivity index is 1.72. The first-order valence-corrected chi connectivity index (χ1v) is 10.5. The smallest absolute Gasteiger partial charge is 0.266 e. The number of hydrogen-bond acceptors (Lipinski definition) is 6. The first kappa shape index (κ1) is 22.4. The Morgan fingerprint density at radius 2 is 1.87 bits per heavy atom. The summed E-state index contributed by atoms with van der Waals surface area (Å²) >= 11 is 18.2. The zero-order valence-corrected chi connectivity index (χ0v) is 19.0. The third kappa shape index (κ3) is 5.07. The maximum absolute atomic E-state index is 12.8. The maximum atomic E-state index is 12.8. The molecule has 1 N–H and O–H groups in total. The number of amides is 2. The summed E-state index contributed by atoms with van der Waals surface area (Å²) in [6, 6.07) is 10.0. The van der Waals surface area contributed by atoms with Crippen LogP contribution >= 0.6 is 47.2 Å². The molecule has 0 saturated carbocycles. The SMILES string of the molecule is COc1ccc(C=C2SC(=S)N(CC(=O)Nc3ccc(Cl)c(Cl)c3)C2=O)cc1OC. The lowest BCUT2D eigenvalue weighted by Gasteiger charge is -2.14. The van der Waals surface area contributed by atoms with Gasteiger partial charge < -0.3 is 14.8 Å². The summed E-state index contributed by atoms with van der Waals surface area (Å²) in [4.78, 5) is 26.8. The molecule has 10 heteroatoms. The van der Waals surface area contributed by atoms with Gasteiger partial charge in [-0.25, -0.2) is 0 Å². The lowest BCUT2D eigenvalue weighted by Crippen LogP contribution is -2.36. The van der Waals surface area contributed by atoms with E-state index in [1.165, 1.54) is 18.1 Å². The number of hydrogen-bond donors (Lipinski definition) is 1. The van der Waals surface area contributed by atoms with Crippen LogP contribution in [-0.4, -0.2) is 41.8 Å². The zero-order chi connectivity index (χ0) is 21.8. The van der Waals surface area contributed by atoms with Crippen LogP contribution in [0.15, 0.2) is 41.3 Å². The summed E-state index contributed by atoms with van der Waals surface area (Å²) in [6.07, 6.45) is 1.69. The average Bonchev–Trinajstić information content (AvgIpc) is 2.98. The Bertz CT molecular complexity index is 1060. The molecule has 2 aromatic rings. The summed E-state index contributed by atoms with van der Waals surface area (Å²) in [6.45, 7) is -0.214. The lowest BCUT2D eigenvalue weighted by atomic mass is 10.2. The van der Waals surface area contributed by atoms with Crippen LogP contribution in [0, 0.1) is 0 Å². The number of carbonyl (C=O) groups is 2. The minimum atomic E-state index is -0.406. The highest BCUT2D eigenvalue weighted by atomic mass is 35.5. The highest BCUT2D eigenvalue weighted by molar-refractivity contribution is 8.26. The van der Waals surface area contributed by atoms with Crippen molar-refractivity contribution in [1.29, 1.82) is 0 Å². The van der Waals surface area contributed by atoms with Gasteiger partial charge in [0.25, 0.3) is 5.91 Å². The van der Waals surface area contributed by atoms with Crippen molar-refractivity contribution in [2.24, 2.45) is 0 Å². The number of rotatable bonds is 6. The van der Waals surface area contributed by atoms with E-state index < -0.39 is 5.91 Å². The highest BCUT2D eigenvalue weighted by Crippen LogP contribution is 2.34. The fourth-order valence-corrected chi connectivity index (χ4v) is 4.20. The standard InChI is InChI=1S/C20H16Cl2N2O4S2/c1-27-15-6-3-11(7-16(15)28-2)8-17-19(26)24(20(29)30-17)10-18(25)23-12-4-5-13(21)14(22)9-12/h3-9H,10H2,1-2H3,(H,23,25). The van der Waals surface area contributed by atoms with Crippen LogP contribution in [0.1, 0.15) is 5.56 Å². The fourth-order valence-electron chi connectivity index (χ4n) is 2.65. The molecule has 0 aliphatic carbocycles. The van der Waals surface area contributed by atoms with E-state index in [1.807, 2.05) is 0 Å². The molecule has 0 atom stereocenters. The first-order chi connectivity index (χ1) is 14.3. The van der Waals surface area contributed by atoms with Crippen LogP contribution in [0.5, 0.6) is 11.5 Å². The molecule has 0 unspecified atom stereocenters. The molecule has 3 rings (SSSR count). The number of methoxy groups -OCH3 is 2. The van der Waals surface area contributed by atoms with Crippen LogP contribution in [-0.2, 0) is 9.59 Å². The molecule has 0 bridgehead atoms. The van der Waals surface area contributed by atoms with Crippen LogP contribution in [0.4, 0.5) is 5.69 Å². The molecule has 1 saturated heterocycles. The molecule has 156 valence electrons. The van der Waals surface area contributed by atoms with Crippen molar-refractivity contribution in [3.63, 3.8) is 0 Å². The van der Waals surface area contributed by atoms with Gasteiger partial charge in [-0.05, 0) is 42.0 Å². The molecule has 2 aromatic carbocycles. The van der Waals surface area contributed by atoms with Crippen LogP contribution < -0.4 is 14.8 Å². The molecule has 1 fully saturated rings. The predicted octanol–water partition coefficient (Wildman–Crippen LogP) is 4.85. The molecule has 30 heavy (non-hydrogen) atoms. The Morgan fingerprint density at radius 3 is 2.53 bits per heavy atom. The van der Waals surface area contributed by atoms with Gasteiger partial charge in [0.2, 0.25) is 5.91 Å². The van der Waals surface area contributed by atoms with Gasteiger partial charge in [0, 0.05) is 5.69 Å². The second-order valence-electron chi connectivity index (χ2n) is 6.06. The van der Waals surface area contributed by atoms with Crippen molar-refractivity contribution in [2.75, 3.05) is 26.1 Å². The Hall–Kier alpha value is -2.26. The van der Waals surface area contributed by atoms with Gasteiger partial charge in [0.1, 0.15) is 10.9 Å². The van der Waals surface area contributed by atoms with E-state index in [1.54, 1.807) is 43.5 Å². The van der Waals surface area contributed by atoms with Crippen LogP contribution in [0.2, 0.25) is 10.0 Å². The topological polar surface area (TPSA) is 67.9 Å². The third-order valence-electron chi connectivity index (χ3n) is 4.08. The first-order valence-electron chi connectivity index (χ1n) is 8.54. The molecule has 0 aromatic heterocycles. The van der Waals surface area contributed by atoms with Gasteiger partial charge in [-0.2, -0.15) is 0 Å². The second-order valence-corrected chi connectivity index (χ2v) is 8.55. The molecule has 6 nitrogen and oxygen atoms in total. The molecular weight excluding hydrogens is 467 g/mol. The summed E-state index contributed by atoms with van der Waals surface area (Å²) < 4.78 is 10.8. The number of ether oxygens (including phenoxy) is 2. The van der Waals surface area contributed by atoms with Crippen molar-refractivity contribution < 1.29 is 19.1 Å².